The van der Waals surface area contributed by atoms with Crippen molar-refractivity contribution < 1.29 is 4.42 Å². The van der Waals surface area contributed by atoms with Crippen LogP contribution < -0.4 is 0 Å². The van der Waals surface area contributed by atoms with Crippen molar-refractivity contribution in [2.75, 3.05) is 0 Å². The van der Waals surface area contributed by atoms with E-state index in [1.165, 1.54) is 15.5 Å². The van der Waals surface area contributed by atoms with Crippen LogP contribution in [0.5, 0.6) is 0 Å². The molecule has 14 aromatic carbocycles. The van der Waals surface area contributed by atoms with Crippen LogP contribution in [0.25, 0.3) is 199 Å². The first kappa shape index (κ1) is 67.1. The smallest absolute Gasteiger partial charge is 0.165 e. The molecule has 0 radical (unpaired) electrons. The van der Waals surface area contributed by atoms with Gasteiger partial charge in [0.1, 0.15) is 11.2 Å². The first-order valence-electron chi connectivity index (χ1n) is 36.5. The number of hydrogen-bond acceptors (Lipinski definition) is 16. The lowest BCUT2D eigenvalue weighted by molar-refractivity contribution is 0.669. The Hall–Kier alpha value is -14.3. The van der Waals surface area contributed by atoms with Crippen molar-refractivity contribution in [1.82, 2.24) is 59.8 Å². The van der Waals surface area contributed by atoms with Crippen LogP contribution in [0.4, 0.5) is 0 Å². The molecule has 112 heavy (non-hydrogen) atoms. The molecule has 16 heteroatoms. The Labute approximate surface area is 654 Å². The molecule has 21 aromatic rings. The van der Waals surface area contributed by atoms with Crippen molar-refractivity contribution in [2.45, 2.75) is 9.79 Å². The van der Waals surface area contributed by atoms with E-state index in [-0.39, 0.29) is 0 Å². The van der Waals surface area contributed by atoms with E-state index in [1.54, 1.807) is 34.4 Å². The van der Waals surface area contributed by atoms with E-state index in [1.807, 2.05) is 224 Å². The highest BCUT2D eigenvalue weighted by Crippen LogP contribution is 2.46. The average Bonchev–Trinajstić information content (AvgIpc) is 1.58. The Bertz CT molecular complexity index is 7000. The van der Waals surface area contributed by atoms with E-state index in [0.29, 0.717) is 69.9 Å². The molecule has 13 nitrogen and oxygen atoms in total. The molecular weight excluding hydrogens is 1430 g/mol. The summed E-state index contributed by atoms with van der Waals surface area (Å²) < 4.78 is 10.7. The number of rotatable bonds is 14. The van der Waals surface area contributed by atoms with E-state index < -0.39 is 0 Å². The molecule has 0 fully saturated rings. The summed E-state index contributed by atoms with van der Waals surface area (Å²) in [5.74, 6) is 7.41. The maximum absolute atomic E-state index is 6.14. The minimum Gasteiger partial charge on any atom is -0.456 e. The molecule has 21 rings (SSSR count). The van der Waals surface area contributed by atoms with Crippen molar-refractivity contribution >= 4 is 96.7 Å². The first-order valence-corrected chi connectivity index (χ1v) is 38.9. The zero-order valence-electron chi connectivity index (χ0n) is 59.5. The second-order valence-electron chi connectivity index (χ2n) is 26.6. The Morgan fingerprint density at radius 3 is 1.07 bits per heavy atom. The molecule has 0 atom stereocenters. The van der Waals surface area contributed by atoms with Gasteiger partial charge in [-0.2, -0.15) is 0 Å². The highest BCUT2D eigenvalue weighted by molar-refractivity contribution is 7.99. The van der Waals surface area contributed by atoms with Crippen LogP contribution in [0.15, 0.2) is 366 Å². The van der Waals surface area contributed by atoms with Crippen LogP contribution in [0.3, 0.4) is 0 Å². The fraction of sp³-hybridized carbons (Fsp3) is 0. The van der Waals surface area contributed by atoms with Gasteiger partial charge in [0, 0.05) is 128 Å². The third kappa shape index (κ3) is 13.1. The van der Waals surface area contributed by atoms with E-state index >= 15 is 0 Å². The van der Waals surface area contributed by atoms with Crippen molar-refractivity contribution in [2.24, 2.45) is 0 Å². The maximum Gasteiger partial charge on any atom is 0.165 e. The lowest BCUT2D eigenvalue weighted by Gasteiger charge is -2.12. The van der Waals surface area contributed by atoms with Crippen molar-refractivity contribution in [1.29, 1.82) is 0 Å². The van der Waals surface area contributed by atoms with Crippen LogP contribution in [-0.2, 0) is 0 Å². The predicted octanol–water partition coefficient (Wildman–Crippen LogP) is 24.9. The number of thiophene rings is 2. The fourth-order valence-corrected chi connectivity index (χ4v) is 17.6. The van der Waals surface area contributed by atoms with Gasteiger partial charge in [-0.1, -0.05) is 297 Å². The van der Waals surface area contributed by atoms with E-state index in [0.717, 1.165) is 123 Å². The molecule has 0 aliphatic rings. The number of hydrogen-bond donors (Lipinski definition) is 0. The Kier molecular flexibility index (Phi) is 17.6. The van der Waals surface area contributed by atoms with Crippen molar-refractivity contribution in [3.63, 3.8) is 0 Å². The summed E-state index contributed by atoms with van der Waals surface area (Å²) in [4.78, 5) is 62.7. The molecule has 0 saturated carbocycles. The van der Waals surface area contributed by atoms with Crippen LogP contribution in [0, 0.1) is 0 Å². The molecule has 7 heterocycles. The highest BCUT2D eigenvalue weighted by atomic mass is 32.2. The molecule has 0 N–H and O–H groups in total. The first-order chi connectivity index (χ1) is 55.5. The van der Waals surface area contributed by atoms with Crippen LogP contribution in [0.1, 0.15) is 0 Å². The Morgan fingerprint density at radius 2 is 0.536 bits per heavy atom. The molecule has 0 saturated heterocycles. The van der Waals surface area contributed by atoms with Crippen molar-refractivity contribution in [3.05, 3.63) is 352 Å². The summed E-state index contributed by atoms with van der Waals surface area (Å²) in [6, 6.07) is 119. The molecule has 0 spiro atoms. The summed E-state index contributed by atoms with van der Waals surface area (Å²) in [7, 11) is 0. The second-order valence-corrected chi connectivity index (χ2v) is 29.8. The normalized spacial score (nSPS) is 11.4. The third-order valence-electron chi connectivity index (χ3n) is 19.5. The average molecular weight is 1490 g/mol. The van der Waals surface area contributed by atoms with Gasteiger partial charge in [-0.25, -0.2) is 59.8 Å². The summed E-state index contributed by atoms with van der Waals surface area (Å²) in [5, 5.41) is 6.67. The predicted molar refractivity (Wildman–Crippen MR) is 455 cm³/mol. The highest BCUT2D eigenvalue weighted by Gasteiger charge is 2.24. The van der Waals surface area contributed by atoms with Gasteiger partial charge in [-0.05, 0) is 66.7 Å². The molecule has 526 valence electrons. The van der Waals surface area contributed by atoms with Gasteiger partial charge in [-0.3, -0.25) is 0 Å². The number of nitrogens with zero attached hydrogens (tertiary/aromatic N) is 12. The van der Waals surface area contributed by atoms with Crippen LogP contribution in [0.2, 0.25) is 0 Å². The van der Waals surface area contributed by atoms with Gasteiger partial charge in [0.2, 0.25) is 0 Å². The number of para-hydroxylation sites is 1. The summed E-state index contributed by atoms with van der Waals surface area (Å²) in [6.45, 7) is 0. The summed E-state index contributed by atoms with van der Waals surface area (Å²) >= 11 is 5.15. The monoisotopic (exact) mass is 1490 g/mol. The fourth-order valence-electron chi connectivity index (χ4n) is 14.1. The molecule has 0 amide bonds. The zero-order valence-corrected chi connectivity index (χ0v) is 61.9. The number of fused-ring (bicyclic) bond motifs is 9. The molecule has 0 aliphatic heterocycles. The Balaban J connectivity index is 0.000000146. The number of furan rings is 1. The quantitative estimate of drug-likeness (QED) is 0.101. The minimum atomic E-state index is 0.590. The lowest BCUT2D eigenvalue weighted by atomic mass is 10.0. The van der Waals surface area contributed by atoms with Crippen molar-refractivity contribution in [3.8, 4) is 137 Å². The van der Waals surface area contributed by atoms with Gasteiger partial charge in [0.15, 0.2) is 69.9 Å². The topological polar surface area (TPSA) is 168 Å². The van der Waals surface area contributed by atoms with Gasteiger partial charge in [0.05, 0.1) is 0 Å². The van der Waals surface area contributed by atoms with E-state index in [4.69, 9.17) is 64.2 Å². The van der Waals surface area contributed by atoms with Gasteiger partial charge in [-0.15, -0.1) is 22.7 Å². The molecular formula is C96H58N12OS3. The molecule has 0 aliphatic carbocycles. The summed E-state index contributed by atoms with van der Waals surface area (Å²) in [5.41, 5.74) is 12.8. The third-order valence-corrected chi connectivity index (χ3v) is 23.0. The van der Waals surface area contributed by atoms with Gasteiger partial charge >= 0.3 is 0 Å². The molecule has 0 unspecified atom stereocenters. The van der Waals surface area contributed by atoms with Gasteiger partial charge < -0.3 is 4.42 Å². The van der Waals surface area contributed by atoms with Gasteiger partial charge in [0.25, 0.3) is 0 Å². The van der Waals surface area contributed by atoms with E-state index in [9.17, 15) is 0 Å². The summed E-state index contributed by atoms with van der Waals surface area (Å²) in [6.07, 6.45) is 0. The second kappa shape index (κ2) is 29.4. The minimum absolute atomic E-state index is 0.590. The maximum atomic E-state index is 6.14. The zero-order chi connectivity index (χ0) is 74.3. The number of benzene rings is 14. The molecule has 7 aromatic heterocycles. The number of aromatic nitrogens is 12. The largest absolute Gasteiger partial charge is 0.456 e. The Morgan fingerprint density at radius 1 is 0.205 bits per heavy atom. The van der Waals surface area contributed by atoms with E-state index in [2.05, 4.69) is 127 Å². The SMILES string of the molecule is c1ccc(-c2nc(-c3ccc4oc5ccccc5c4c3)nc(-c3cccc4c3sc3cccc(-c5nc(-c6ccccc6)nc(-c6ccccc6)n5)c34)n2)cc1.c1ccc(-c2nc(-c3ccccc3)nc(-c3cccc(Sc4ccccc4-c4nc(-c5ccccc5)nc(-c5cccc6c5sc5ccccc56)n4)c3)n2)cc1. The van der Waals surface area contributed by atoms with Crippen LogP contribution in [-0.4, -0.2) is 59.8 Å². The van der Waals surface area contributed by atoms with Crippen LogP contribution >= 0.6 is 34.4 Å². The standard InChI is InChI=1S/C48H28N6OS.C48H30N6S2/c1-4-14-29(15-5-1)43-49-44(30-16-6-2-7-17-30)52-47(51-43)35-22-13-25-40-41(35)34-21-12-23-36(42(34)56-40)48-53-45(31-18-8-3-9-19-31)50-46(54-48)32-26-27-39-37(28-32)33-20-10-11-24-38(33)55-39;1-4-16-31(17-5-1)43-49-44(32-18-6-2-7-19-32)51-46(50-43)34-22-14-23-35(30-34)55-41-29-13-11-25-38(41)47-52-45(33-20-8-3-9-21-33)53-48(54-47)39-27-15-26-37-36-24-10-12-28-40(36)56-42(37)39/h1-28H;1-30H. The molecule has 0 bridgehead atoms. The lowest BCUT2D eigenvalue weighted by Crippen LogP contribution is -2.01.